The van der Waals surface area contributed by atoms with Crippen molar-refractivity contribution in [3.63, 3.8) is 0 Å². The second-order valence-corrected chi connectivity index (χ2v) is 5.84. The van der Waals surface area contributed by atoms with Crippen molar-refractivity contribution in [2.75, 3.05) is 19.6 Å². The lowest BCUT2D eigenvalue weighted by Crippen LogP contribution is -2.37. The summed E-state index contributed by atoms with van der Waals surface area (Å²) in [7, 11) is -3.42. The van der Waals surface area contributed by atoms with Crippen LogP contribution >= 0.6 is 0 Å². The first-order valence-corrected chi connectivity index (χ1v) is 6.59. The van der Waals surface area contributed by atoms with Crippen LogP contribution in [0.4, 0.5) is 0 Å². The maximum Gasteiger partial charge on any atom is 0.237 e. The van der Waals surface area contributed by atoms with E-state index in [1.165, 1.54) is 12.6 Å². The van der Waals surface area contributed by atoms with Gasteiger partial charge in [0.25, 0.3) is 0 Å². The van der Waals surface area contributed by atoms with Crippen LogP contribution < -0.4 is 5.73 Å². The van der Waals surface area contributed by atoms with Gasteiger partial charge in [-0.1, -0.05) is 6.42 Å². The largest absolute Gasteiger partial charge is 0.388 e. The Morgan fingerprint density at radius 2 is 2.00 bits per heavy atom. The third-order valence-corrected chi connectivity index (χ3v) is 4.34. The Kier molecular flexibility index (Phi) is 2.79. The Balaban J connectivity index is 2.02. The molecular formula is C9H15N3O2S. The quantitative estimate of drug-likeness (QED) is 0.726. The number of hydrogen-bond donors (Lipinski definition) is 1. The van der Waals surface area contributed by atoms with E-state index < -0.39 is 9.84 Å². The first-order valence-electron chi connectivity index (χ1n) is 5.10. The minimum absolute atomic E-state index is 0.130. The van der Waals surface area contributed by atoms with E-state index >= 15 is 0 Å². The highest BCUT2D eigenvalue weighted by atomic mass is 32.2. The van der Waals surface area contributed by atoms with Gasteiger partial charge in [-0.3, -0.25) is 4.90 Å². The lowest BCUT2D eigenvalue weighted by atomic mass is 10.1. The van der Waals surface area contributed by atoms with Crippen LogP contribution in [0, 0.1) is 0 Å². The van der Waals surface area contributed by atoms with Gasteiger partial charge in [0.05, 0.1) is 12.7 Å². The minimum atomic E-state index is -3.42. The van der Waals surface area contributed by atoms with Crippen molar-refractivity contribution in [3.8, 4) is 0 Å². The average Bonchev–Trinajstić information content (AvgIpc) is 2.47. The lowest BCUT2D eigenvalue weighted by Gasteiger charge is -2.25. The van der Waals surface area contributed by atoms with Gasteiger partial charge in [-0.05, 0) is 25.9 Å². The molecule has 15 heavy (non-hydrogen) atoms. The van der Waals surface area contributed by atoms with E-state index in [0.29, 0.717) is 6.54 Å². The smallest absolute Gasteiger partial charge is 0.237 e. The summed E-state index contributed by atoms with van der Waals surface area (Å²) in [6.07, 6.45) is 4.73. The van der Waals surface area contributed by atoms with Crippen LogP contribution in [0.2, 0.25) is 0 Å². The number of sulfone groups is 1. The van der Waals surface area contributed by atoms with E-state index in [4.69, 9.17) is 5.73 Å². The van der Waals surface area contributed by atoms with Gasteiger partial charge in [-0.2, -0.15) is 0 Å². The molecule has 2 aliphatic heterocycles. The molecule has 84 valence electrons. The van der Waals surface area contributed by atoms with Gasteiger partial charge in [-0.15, -0.1) is 0 Å². The van der Waals surface area contributed by atoms with Crippen LogP contribution in [0.5, 0.6) is 0 Å². The Morgan fingerprint density at radius 1 is 1.33 bits per heavy atom. The Morgan fingerprint density at radius 3 is 2.53 bits per heavy atom. The molecule has 0 aliphatic carbocycles. The number of aliphatic imine (C=N–C) groups is 1. The van der Waals surface area contributed by atoms with Crippen LogP contribution in [0.25, 0.3) is 0 Å². The van der Waals surface area contributed by atoms with Crippen molar-refractivity contribution in [1.29, 1.82) is 0 Å². The number of piperidine rings is 1. The SMILES string of the molecule is NC1=CN=C(CN2CCCCC2)S1(=O)=O. The van der Waals surface area contributed by atoms with Gasteiger partial charge in [-0.25, -0.2) is 13.4 Å². The molecule has 1 saturated heterocycles. The summed E-state index contributed by atoms with van der Waals surface area (Å²) in [5, 5.41) is 0.0661. The van der Waals surface area contributed by atoms with Gasteiger partial charge in [0.1, 0.15) is 0 Å². The summed E-state index contributed by atoms with van der Waals surface area (Å²) >= 11 is 0. The standard InChI is InChI=1S/C9H15N3O2S/c10-8-6-11-9(15(8,13)14)7-12-4-2-1-3-5-12/h6H,1-5,7,10H2. The summed E-state index contributed by atoms with van der Waals surface area (Å²) in [6.45, 7) is 2.31. The zero-order valence-corrected chi connectivity index (χ0v) is 9.33. The van der Waals surface area contributed by atoms with E-state index in [9.17, 15) is 8.42 Å². The lowest BCUT2D eigenvalue weighted by molar-refractivity contribution is 0.259. The maximum atomic E-state index is 11.6. The third kappa shape index (κ3) is 2.05. The first-order chi connectivity index (χ1) is 7.10. The summed E-state index contributed by atoms with van der Waals surface area (Å²) in [4.78, 5) is 5.98. The van der Waals surface area contributed by atoms with Gasteiger partial charge >= 0.3 is 0 Å². The zero-order chi connectivity index (χ0) is 10.9. The van der Waals surface area contributed by atoms with Gasteiger partial charge < -0.3 is 5.73 Å². The molecule has 5 nitrogen and oxygen atoms in total. The number of nitrogens with two attached hydrogens (primary N) is 1. The molecule has 0 atom stereocenters. The molecule has 2 heterocycles. The van der Waals surface area contributed by atoms with Crippen molar-refractivity contribution in [2.45, 2.75) is 19.3 Å². The highest BCUT2D eigenvalue weighted by Gasteiger charge is 2.29. The van der Waals surface area contributed by atoms with E-state index in [-0.39, 0.29) is 10.1 Å². The second kappa shape index (κ2) is 3.94. The van der Waals surface area contributed by atoms with Gasteiger partial charge in [0.15, 0.2) is 10.1 Å². The predicted molar refractivity (Wildman–Crippen MR) is 58.9 cm³/mol. The fourth-order valence-electron chi connectivity index (χ4n) is 1.85. The fourth-order valence-corrected chi connectivity index (χ4v) is 2.85. The van der Waals surface area contributed by atoms with Gasteiger partial charge in [0, 0.05) is 0 Å². The topological polar surface area (TPSA) is 75.8 Å². The van der Waals surface area contributed by atoms with Crippen LogP contribution in [0.3, 0.4) is 0 Å². The molecule has 0 aromatic carbocycles. The Labute approximate surface area is 89.6 Å². The van der Waals surface area contributed by atoms with Crippen LogP contribution in [0.1, 0.15) is 19.3 Å². The molecular weight excluding hydrogens is 214 g/mol. The van der Waals surface area contributed by atoms with E-state index in [1.54, 1.807) is 0 Å². The maximum absolute atomic E-state index is 11.6. The molecule has 0 spiro atoms. The molecule has 0 bridgehead atoms. The minimum Gasteiger partial charge on any atom is -0.388 e. The van der Waals surface area contributed by atoms with Crippen LogP contribution in [-0.4, -0.2) is 38.0 Å². The second-order valence-electron chi connectivity index (χ2n) is 3.89. The highest BCUT2D eigenvalue weighted by Crippen LogP contribution is 2.15. The predicted octanol–water partition coefficient (Wildman–Crippen LogP) is 0.0568. The first kappa shape index (κ1) is 10.6. The number of nitrogens with zero attached hydrogens (tertiary/aromatic N) is 2. The van der Waals surface area contributed by atoms with Gasteiger partial charge in [0.2, 0.25) is 9.84 Å². The molecule has 0 amide bonds. The van der Waals surface area contributed by atoms with Crippen molar-refractivity contribution in [2.24, 2.45) is 10.7 Å². The molecule has 2 N–H and O–H groups in total. The highest BCUT2D eigenvalue weighted by molar-refractivity contribution is 8.10. The fraction of sp³-hybridized carbons (Fsp3) is 0.667. The summed E-state index contributed by atoms with van der Waals surface area (Å²) in [6, 6.07) is 0. The Hall–Kier alpha value is -0.880. The normalized spacial score (nSPS) is 26.1. The van der Waals surface area contributed by atoms with E-state index in [2.05, 4.69) is 9.89 Å². The van der Waals surface area contributed by atoms with Crippen LogP contribution in [0.15, 0.2) is 16.2 Å². The van der Waals surface area contributed by atoms with Crippen molar-refractivity contribution in [3.05, 3.63) is 11.2 Å². The van der Waals surface area contributed by atoms with E-state index in [1.807, 2.05) is 0 Å². The summed E-state index contributed by atoms with van der Waals surface area (Å²) in [5.74, 6) is 0. The third-order valence-electron chi connectivity index (χ3n) is 2.76. The summed E-state index contributed by atoms with van der Waals surface area (Å²) in [5.41, 5.74) is 5.35. The number of hydrogen-bond acceptors (Lipinski definition) is 5. The van der Waals surface area contributed by atoms with E-state index in [0.717, 1.165) is 25.9 Å². The molecule has 2 rings (SSSR count). The number of rotatable bonds is 2. The molecule has 6 heteroatoms. The van der Waals surface area contributed by atoms with Crippen molar-refractivity contribution >= 4 is 14.9 Å². The molecule has 0 radical (unpaired) electrons. The molecule has 2 aliphatic rings. The molecule has 0 saturated carbocycles. The Bertz CT molecular complexity index is 405. The molecule has 0 aromatic rings. The molecule has 1 fully saturated rings. The van der Waals surface area contributed by atoms with Crippen molar-refractivity contribution in [1.82, 2.24) is 4.90 Å². The monoisotopic (exact) mass is 229 g/mol. The molecule has 0 unspecified atom stereocenters. The number of likely N-dealkylation sites (tertiary alicyclic amines) is 1. The average molecular weight is 229 g/mol. The van der Waals surface area contributed by atoms with Crippen LogP contribution in [-0.2, 0) is 9.84 Å². The van der Waals surface area contributed by atoms with Crippen molar-refractivity contribution < 1.29 is 8.42 Å². The molecule has 0 aromatic heterocycles. The summed E-state index contributed by atoms with van der Waals surface area (Å²) < 4.78 is 23.2. The zero-order valence-electron chi connectivity index (χ0n) is 8.52.